The van der Waals surface area contributed by atoms with Crippen LogP contribution >= 0.6 is 0 Å². The number of ether oxygens (including phenoxy) is 1. The quantitative estimate of drug-likeness (QED) is 0.544. The van der Waals surface area contributed by atoms with Gasteiger partial charge < -0.3 is 19.9 Å². The number of fused-ring (bicyclic) bond motifs is 1. The molecule has 2 N–H and O–H groups in total. The highest BCUT2D eigenvalue weighted by Crippen LogP contribution is 2.41. The number of anilines is 2. The van der Waals surface area contributed by atoms with Crippen LogP contribution in [0, 0.1) is 11.6 Å². The lowest BCUT2D eigenvalue weighted by Crippen LogP contribution is -2.40. The molecule has 1 atom stereocenters. The van der Waals surface area contributed by atoms with Crippen molar-refractivity contribution in [3.63, 3.8) is 0 Å². The molecule has 33 heavy (non-hydrogen) atoms. The Morgan fingerprint density at radius 1 is 1.03 bits per heavy atom. The van der Waals surface area contributed by atoms with Gasteiger partial charge in [-0.2, -0.15) is 0 Å². The van der Waals surface area contributed by atoms with Crippen molar-refractivity contribution in [2.75, 3.05) is 17.7 Å². The van der Waals surface area contributed by atoms with Gasteiger partial charge in [0.2, 0.25) is 5.91 Å². The Morgan fingerprint density at radius 3 is 2.55 bits per heavy atom. The van der Waals surface area contributed by atoms with Gasteiger partial charge in [0, 0.05) is 37.0 Å². The molecule has 2 aliphatic rings. The number of hydrogen-bond acceptors (Lipinski definition) is 4. The van der Waals surface area contributed by atoms with Crippen LogP contribution in [-0.4, -0.2) is 28.7 Å². The Bertz CT molecular complexity index is 1190. The third-order valence-electron chi connectivity index (χ3n) is 7.01. The number of methoxy groups -OCH3 is 1. The van der Waals surface area contributed by atoms with Gasteiger partial charge in [0.1, 0.15) is 5.82 Å². The molecule has 1 aromatic heterocycles. The van der Waals surface area contributed by atoms with Crippen molar-refractivity contribution < 1.29 is 18.3 Å². The van der Waals surface area contributed by atoms with Crippen molar-refractivity contribution in [3.8, 4) is 0 Å². The molecular weight excluding hydrogens is 426 g/mol. The van der Waals surface area contributed by atoms with Gasteiger partial charge in [-0.1, -0.05) is 0 Å². The molecule has 1 aliphatic heterocycles. The van der Waals surface area contributed by atoms with E-state index in [0.717, 1.165) is 54.7 Å². The van der Waals surface area contributed by atoms with Crippen LogP contribution in [0.2, 0.25) is 0 Å². The molecule has 1 saturated heterocycles. The lowest BCUT2D eigenvalue weighted by molar-refractivity contribution is -0.120. The highest BCUT2D eigenvalue weighted by atomic mass is 19.2. The number of nitrogens with zero attached hydrogens (tertiary/aromatic N) is 3. The van der Waals surface area contributed by atoms with Crippen LogP contribution in [0.5, 0.6) is 0 Å². The number of hydrogen-bond donors (Lipinski definition) is 1. The van der Waals surface area contributed by atoms with E-state index in [2.05, 4.69) is 4.57 Å². The molecule has 6 nitrogen and oxygen atoms in total. The summed E-state index contributed by atoms with van der Waals surface area (Å²) in [6, 6.07) is 9.17. The predicted octanol–water partition coefficient (Wildman–Crippen LogP) is 5.29. The normalized spacial score (nSPS) is 23.9. The zero-order valence-corrected chi connectivity index (χ0v) is 18.6. The molecule has 0 bridgehead atoms. The standard InChI is InChI=1S/C25H28F2N4O2/c1-33-18-9-6-16(7-10-18)31-22-12-5-15(28)13-21(22)29-25(31)23-3-2-4-24(32)30(23)17-8-11-19(26)20(27)14-17/h5,8,11-14,16,18,23H,2-4,6-7,9-10,28H2,1H3/t16-,18-,23-/m0/s1. The summed E-state index contributed by atoms with van der Waals surface area (Å²) in [5.74, 6) is -1.24. The van der Waals surface area contributed by atoms with Crippen LogP contribution < -0.4 is 10.6 Å². The van der Waals surface area contributed by atoms with Crippen LogP contribution in [0.4, 0.5) is 20.2 Å². The summed E-state index contributed by atoms with van der Waals surface area (Å²) in [7, 11) is 1.75. The van der Waals surface area contributed by atoms with E-state index < -0.39 is 11.6 Å². The van der Waals surface area contributed by atoms with E-state index >= 15 is 0 Å². The number of rotatable bonds is 4. The average molecular weight is 455 g/mol. The number of carbonyl (C=O) groups is 1. The van der Waals surface area contributed by atoms with Gasteiger partial charge in [-0.3, -0.25) is 4.79 Å². The smallest absolute Gasteiger partial charge is 0.227 e. The van der Waals surface area contributed by atoms with E-state index in [1.54, 1.807) is 12.0 Å². The fraction of sp³-hybridized carbons (Fsp3) is 0.440. The van der Waals surface area contributed by atoms with E-state index in [-0.39, 0.29) is 24.1 Å². The monoisotopic (exact) mass is 454 g/mol. The van der Waals surface area contributed by atoms with Crippen LogP contribution in [0.3, 0.4) is 0 Å². The maximum absolute atomic E-state index is 14.1. The van der Waals surface area contributed by atoms with Gasteiger partial charge in [-0.05, 0) is 68.9 Å². The van der Waals surface area contributed by atoms with E-state index in [1.807, 2.05) is 18.2 Å². The van der Waals surface area contributed by atoms with Gasteiger partial charge in [-0.15, -0.1) is 0 Å². The molecule has 2 aromatic carbocycles. The Hall–Kier alpha value is -3.00. The Morgan fingerprint density at radius 2 is 1.82 bits per heavy atom. The first kappa shape index (κ1) is 21.8. The van der Waals surface area contributed by atoms with Crippen LogP contribution in [0.25, 0.3) is 11.0 Å². The molecule has 0 spiro atoms. The molecule has 1 saturated carbocycles. The first-order valence-electron chi connectivity index (χ1n) is 11.5. The number of halogens is 2. The van der Waals surface area contributed by atoms with Crippen molar-refractivity contribution in [3.05, 3.63) is 53.9 Å². The molecule has 174 valence electrons. The van der Waals surface area contributed by atoms with Gasteiger partial charge in [-0.25, -0.2) is 13.8 Å². The number of imidazole rings is 1. The van der Waals surface area contributed by atoms with Crippen LogP contribution in [-0.2, 0) is 9.53 Å². The first-order valence-corrected chi connectivity index (χ1v) is 11.5. The molecule has 1 aliphatic carbocycles. The van der Waals surface area contributed by atoms with Crippen LogP contribution in [0.15, 0.2) is 36.4 Å². The van der Waals surface area contributed by atoms with Crippen molar-refractivity contribution in [1.82, 2.24) is 9.55 Å². The number of benzene rings is 2. The number of nitrogens with two attached hydrogens (primary N) is 1. The second-order valence-electron chi connectivity index (χ2n) is 9.02. The minimum absolute atomic E-state index is 0.113. The minimum Gasteiger partial charge on any atom is -0.399 e. The highest BCUT2D eigenvalue weighted by molar-refractivity contribution is 5.95. The minimum atomic E-state index is -0.969. The molecule has 2 heterocycles. The number of carbonyl (C=O) groups excluding carboxylic acids is 1. The number of aromatic nitrogens is 2. The van der Waals surface area contributed by atoms with Gasteiger partial charge in [0.05, 0.1) is 23.2 Å². The Balaban J connectivity index is 1.62. The summed E-state index contributed by atoms with van der Waals surface area (Å²) >= 11 is 0. The first-order chi connectivity index (χ1) is 16.0. The SMILES string of the molecule is CO[C@H]1CC[C@H](n2c([C@@H]3CCCC(=O)N3c3ccc(F)c(F)c3)nc3cc(N)ccc32)CC1. The molecule has 0 unspecified atom stereocenters. The molecule has 1 amide bonds. The largest absolute Gasteiger partial charge is 0.399 e. The fourth-order valence-electron chi connectivity index (χ4n) is 5.37. The molecular formula is C25H28F2N4O2. The number of amides is 1. The average Bonchev–Trinajstić information content (AvgIpc) is 3.19. The van der Waals surface area contributed by atoms with Gasteiger partial charge in [0.25, 0.3) is 0 Å². The lowest BCUT2D eigenvalue weighted by Gasteiger charge is -2.37. The molecule has 2 fully saturated rings. The lowest BCUT2D eigenvalue weighted by atomic mass is 9.92. The number of piperidine rings is 1. The van der Waals surface area contributed by atoms with Gasteiger partial charge >= 0.3 is 0 Å². The number of nitrogen functional groups attached to an aromatic ring is 1. The fourth-order valence-corrected chi connectivity index (χ4v) is 5.37. The van der Waals surface area contributed by atoms with E-state index in [9.17, 15) is 13.6 Å². The van der Waals surface area contributed by atoms with Crippen molar-refractivity contribution in [2.45, 2.75) is 63.1 Å². The third kappa shape index (κ3) is 3.97. The maximum atomic E-state index is 14.1. The highest BCUT2D eigenvalue weighted by Gasteiger charge is 2.36. The van der Waals surface area contributed by atoms with Gasteiger partial charge in [0.15, 0.2) is 11.6 Å². The molecule has 0 radical (unpaired) electrons. The van der Waals surface area contributed by atoms with Crippen molar-refractivity contribution in [2.24, 2.45) is 0 Å². The molecule has 3 aromatic rings. The summed E-state index contributed by atoms with van der Waals surface area (Å²) in [4.78, 5) is 19.6. The molecule has 5 rings (SSSR count). The van der Waals surface area contributed by atoms with Crippen molar-refractivity contribution >= 4 is 28.3 Å². The summed E-state index contributed by atoms with van der Waals surface area (Å²) in [5, 5.41) is 0. The predicted molar refractivity (Wildman–Crippen MR) is 123 cm³/mol. The Kier molecular flexibility index (Phi) is 5.78. The van der Waals surface area contributed by atoms with E-state index in [0.29, 0.717) is 30.6 Å². The molecule has 8 heteroatoms. The third-order valence-corrected chi connectivity index (χ3v) is 7.01. The van der Waals surface area contributed by atoms with E-state index in [4.69, 9.17) is 15.5 Å². The zero-order valence-electron chi connectivity index (χ0n) is 18.6. The topological polar surface area (TPSA) is 73.4 Å². The Labute approximate surface area is 191 Å². The summed E-state index contributed by atoms with van der Waals surface area (Å²) in [6.07, 6.45) is 5.80. The summed E-state index contributed by atoms with van der Waals surface area (Å²) in [5.41, 5.74) is 8.77. The second-order valence-corrected chi connectivity index (χ2v) is 9.02. The maximum Gasteiger partial charge on any atom is 0.227 e. The van der Waals surface area contributed by atoms with E-state index in [1.165, 1.54) is 6.07 Å². The van der Waals surface area contributed by atoms with Crippen LogP contribution in [0.1, 0.15) is 62.9 Å². The second kappa shape index (κ2) is 8.74. The summed E-state index contributed by atoms with van der Waals surface area (Å²) < 4.78 is 35.5. The zero-order chi connectivity index (χ0) is 23.1. The summed E-state index contributed by atoms with van der Waals surface area (Å²) in [6.45, 7) is 0. The van der Waals surface area contributed by atoms with Crippen molar-refractivity contribution in [1.29, 1.82) is 0 Å².